The van der Waals surface area contributed by atoms with E-state index < -0.39 is 5.60 Å². The molecule has 1 N–H and O–H groups in total. The minimum Gasteiger partial charge on any atom is -0.389 e. The number of rotatable bonds is 3. The van der Waals surface area contributed by atoms with Crippen LogP contribution in [0.2, 0.25) is 5.02 Å². The van der Waals surface area contributed by atoms with Gasteiger partial charge in [0.25, 0.3) is 0 Å². The predicted octanol–water partition coefficient (Wildman–Crippen LogP) is 3.20. The van der Waals surface area contributed by atoms with Crippen molar-refractivity contribution in [3.05, 3.63) is 16.4 Å². The second-order valence-electron chi connectivity index (χ2n) is 5.86. The molecule has 0 saturated heterocycles. The highest BCUT2D eigenvalue weighted by molar-refractivity contribution is 6.31. The van der Waals surface area contributed by atoms with E-state index in [1.54, 1.807) is 0 Å². The number of aryl methyl sites for hydroxylation is 2. The minimum absolute atomic E-state index is 0.201. The monoisotopic (exact) mass is 258 g/mol. The third kappa shape index (κ3) is 2.83. The van der Waals surface area contributed by atoms with Gasteiger partial charge in [-0.15, -0.1) is 0 Å². The average Bonchev–Trinajstić information content (AvgIpc) is 2.43. The van der Waals surface area contributed by atoms with Gasteiger partial charge in [-0.1, -0.05) is 32.4 Å². The number of hydrogen-bond acceptors (Lipinski definition) is 2. The molecule has 0 spiro atoms. The van der Waals surface area contributed by atoms with Crippen molar-refractivity contribution in [3.8, 4) is 0 Å². The number of hydrogen-bond donors (Lipinski definition) is 1. The van der Waals surface area contributed by atoms with Crippen molar-refractivity contribution in [2.24, 2.45) is 5.41 Å². The summed E-state index contributed by atoms with van der Waals surface area (Å²) in [6.45, 7) is 12.6. The van der Waals surface area contributed by atoms with Gasteiger partial charge in [-0.05, 0) is 26.2 Å². The summed E-state index contributed by atoms with van der Waals surface area (Å²) in [5.74, 6) is 0. The molecule has 1 aromatic heterocycles. The van der Waals surface area contributed by atoms with Gasteiger partial charge < -0.3 is 5.11 Å². The summed E-state index contributed by atoms with van der Waals surface area (Å²) in [4.78, 5) is 0. The first-order chi connectivity index (χ1) is 7.60. The molecule has 1 rings (SSSR count). The molecule has 1 aromatic rings. The Bertz CT molecular complexity index is 402. The molecule has 0 aromatic carbocycles. The first-order valence-electron chi connectivity index (χ1n) is 6.04. The van der Waals surface area contributed by atoms with E-state index in [-0.39, 0.29) is 5.41 Å². The van der Waals surface area contributed by atoms with Crippen molar-refractivity contribution in [2.45, 2.75) is 60.1 Å². The lowest BCUT2D eigenvalue weighted by Crippen LogP contribution is -2.42. The zero-order valence-electron chi connectivity index (χ0n) is 11.6. The largest absolute Gasteiger partial charge is 0.389 e. The zero-order chi connectivity index (χ0) is 13.4. The van der Waals surface area contributed by atoms with Crippen molar-refractivity contribution in [1.29, 1.82) is 0 Å². The molecule has 1 heterocycles. The molecular weight excluding hydrogens is 236 g/mol. The van der Waals surface area contributed by atoms with Crippen LogP contribution in [0.15, 0.2) is 0 Å². The quantitative estimate of drug-likeness (QED) is 0.904. The highest BCUT2D eigenvalue weighted by Crippen LogP contribution is 2.35. The van der Waals surface area contributed by atoms with Crippen molar-refractivity contribution < 1.29 is 5.11 Å². The van der Waals surface area contributed by atoms with E-state index in [1.807, 2.05) is 46.2 Å². The van der Waals surface area contributed by atoms with Gasteiger partial charge in [0, 0.05) is 13.0 Å². The maximum atomic E-state index is 10.6. The highest BCUT2D eigenvalue weighted by atomic mass is 35.5. The van der Waals surface area contributed by atoms with Gasteiger partial charge in [0.2, 0.25) is 0 Å². The van der Waals surface area contributed by atoms with Gasteiger partial charge in [-0.2, -0.15) is 5.10 Å². The summed E-state index contributed by atoms with van der Waals surface area (Å²) in [5, 5.41) is 15.6. The summed E-state index contributed by atoms with van der Waals surface area (Å²) in [5.41, 5.74) is 0.739. The molecule has 1 atom stereocenters. The topological polar surface area (TPSA) is 38.0 Å². The fourth-order valence-electron chi connectivity index (χ4n) is 1.63. The van der Waals surface area contributed by atoms with Crippen LogP contribution in [0.4, 0.5) is 0 Å². The minimum atomic E-state index is -0.809. The van der Waals surface area contributed by atoms with Crippen LogP contribution in [0.3, 0.4) is 0 Å². The Kier molecular flexibility index (Phi) is 3.94. The van der Waals surface area contributed by atoms with Crippen LogP contribution in [0, 0.1) is 12.3 Å². The molecule has 4 heteroatoms. The van der Waals surface area contributed by atoms with Gasteiger partial charge >= 0.3 is 0 Å². The molecule has 3 nitrogen and oxygen atoms in total. The maximum Gasteiger partial charge on any atom is 0.0848 e. The Morgan fingerprint density at radius 3 is 2.24 bits per heavy atom. The summed E-state index contributed by atoms with van der Waals surface area (Å²) in [7, 11) is 0. The van der Waals surface area contributed by atoms with E-state index in [0.29, 0.717) is 11.4 Å². The number of aliphatic hydroxyl groups is 1. The summed E-state index contributed by atoms with van der Waals surface area (Å²) in [6, 6.07) is 0. The summed E-state index contributed by atoms with van der Waals surface area (Å²) >= 11 is 6.25. The molecule has 1 unspecified atom stereocenters. The molecule has 0 bridgehead atoms. The van der Waals surface area contributed by atoms with E-state index in [2.05, 4.69) is 5.10 Å². The fourth-order valence-corrected chi connectivity index (χ4v) is 1.83. The maximum absolute atomic E-state index is 10.6. The van der Waals surface area contributed by atoms with E-state index in [4.69, 9.17) is 11.6 Å². The van der Waals surface area contributed by atoms with Crippen LogP contribution in [-0.2, 0) is 13.0 Å². The lowest BCUT2D eigenvalue weighted by molar-refractivity contribution is -0.0419. The summed E-state index contributed by atoms with van der Waals surface area (Å²) < 4.78 is 1.87. The molecule has 0 aliphatic heterocycles. The van der Waals surface area contributed by atoms with E-state index in [9.17, 15) is 5.11 Å². The molecule has 17 heavy (non-hydrogen) atoms. The van der Waals surface area contributed by atoms with E-state index >= 15 is 0 Å². The number of halogens is 1. The molecule has 0 saturated carbocycles. The molecular formula is C13H23ClN2O. The lowest BCUT2D eigenvalue weighted by Gasteiger charge is -2.37. The number of nitrogens with zero attached hydrogens (tertiary/aromatic N) is 2. The van der Waals surface area contributed by atoms with Gasteiger partial charge in [-0.25, -0.2) is 0 Å². The molecule has 0 aliphatic carbocycles. The van der Waals surface area contributed by atoms with Crippen molar-refractivity contribution in [2.75, 3.05) is 0 Å². The van der Waals surface area contributed by atoms with Gasteiger partial charge in [0.15, 0.2) is 0 Å². The van der Waals surface area contributed by atoms with E-state index in [1.165, 1.54) is 0 Å². The first-order valence-corrected chi connectivity index (χ1v) is 6.42. The second-order valence-corrected chi connectivity index (χ2v) is 6.24. The van der Waals surface area contributed by atoms with Gasteiger partial charge in [0.1, 0.15) is 0 Å². The predicted molar refractivity (Wildman–Crippen MR) is 71.4 cm³/mol. The Labute approximate surface area is 109 Å². The SMILES string of the molecule is CCn1nc(C)c(Cl)c1CC(C)(O)C(C)(C)C. The smallest absolute Gasteiger partial charge is 0.0848 e. The molecule has 0 fully saturated rings. The lowest BCUT2D eigenvalue weighted by atomic mass is 9.75. The van der Waals surface area contributed by atoms with E-state index in [0.717, 1.165) is 17.9 Å². The Morgan fingerprint density at radius 1 is 1.29 bits per heavy atom. The van der Waals surface area contributed by atoms with Crippen LogP contribution < -0.4 is 0 Å². The third-order valence-electron chi connectivity index (χ3n) is 3.58. The van der Waals surface area contributed by atoms with Crippen molar-refractivity contribution >= 4 is 11.6 Å². The standard InChI is InChI=1S/C13H23ClN2O/c1-7-16-10(11(14)9(2)15-16)8-13(6,17)12(3,4)5/h17H,7-8H2,1-6H3. The van der Waals surface area contributed by atoms with Crippen molar-refractivity contribution in [3.63, 3.8) is 0 Å². The number of aromatic nitrogens is 2. The fraction of sp³-hybridized carbons (Fsp3) is 0.769. The van der Waals surface area contributed by atoms with Crippen LogP contribution in [0.1, 0.15) is 46.0 Å². The van der Waals surface area contributed by atoms with Gasteiger partial charge in [0.05, 0.1) is 22.0 Å². The Balaban J connectivity index is 3.11. The van der Waals surface area contributed by atoms with Crippen LogP contribution in [0.25, 0.3) is 0 Å². The second kappa shape index (κ2) is 4.62. The Hall–Kier alpha value is -0.540. The molecule has 98 valence electrons. The average molecular weight is 259 g/mol. The highest BCUT2D eigenvalue weighted by Gasteiger charge is 2.37. The molecule has 0 amide bonds. The molecule has 0 radical (unpaired) electrons. The van der Waals surface area contributed by atoms with Crippen LogP contribution in [0.5, 0.6) is 0 Å². The van der Waals surface area contributed by atoms with Gasteiger partial charge in [-0.3, -0.25) is 4.68 Å². The van der Waals surface area contributed by atoms with Crippen molar-refractivity contribution in [1.82, 2.24) is 9.78 Å². The third-order valence-corrected chi connectivity index (χ3v) is 4.07. The van der Waals surface area contributed by atoms with Crippen LogP contribution >= 0.6 is 11.6 Å². The normalized spacial score (nSPS) is 16.0. The summed E-state index contributed by atoms with van der Waals surface area (Å²) in [6.07, 6.45) is 0.518. The first kappa shape index (κ1) is 14.5. The van der Waals surface area contributed by atoms with Crippen LogP contribution in [-0.4, -0.2) is 20.5 Å². The Morgan fingerprint density at radius 2 is 1.82 bits per heavy atom. The molecule has 0 aliphatic rings. The zero-order valence-corrected chi connectivity index (χ0v) is 12.4.